The standard InChI is InChI=1S/C15H13F2N3/c1-2-12-6-5-11(8-19-12)13-4-3-7-18-14(13)20-9-15(16,17)10-20/h2-8H,1,9-10H2. The van der Waals surface area contributed by atoms with Gasteiger partial charge in [-0.1, -0.05) is 12.6 Å². The van der Waals surface area contributed by atoms with E-state index < -0.39 is 5.92 Å². The Bertz CT molecular complexity index is 630. The maximum absolute atomic E-state index is 13.0. The molecule has 3 nitrogen and oxygen atoms in total. The average Bonchev–Trinajstić information content (AvgIpc) is 2.45. The molecule has 1 saturated heterocycles. The molecule has 0 atom stereocenters. The summed E-state index contributed by atoms with van der Waals surface area (Å²) in [6.45, 7) is 3.09. The van der Waals surface area contributed by atoms with Crippen molar-refractivity contribution in [3.8, 4) is 11.1 Å². The van der Waals surface area contributed by atoms with Crippen molar-refractivity contribution in [1.82, 2.24) is 9.97 Å². The van der Waals surface area contributed by atoms with Crippen molar-refractivity contribution in [2.75, 3.05) is 18.0 Å². The number of aromatic nitrogens is 2. The lowest BCUT2D eigenvalue weighted by molar-refractivity contribution is -0.0266. The van der Waals surface area contributed by atoms with E-state index in [0.717, 1.165) is 16.8 Å². The summed E-state index contributed by atoms with van der Waals surface area (Å²) in [6.07, 6.45) is 4.97. The predicted octanol–water partition coefficient (Wildman–Crippen LogP) is 3.24. The van der Waals surface area contributed by atoms with E-state index in [1.54, 1.807) is 29.4 Å². The number of hydrogen-bond donors (Lipinski definition) is 0. The van der Waals surface area contributed by atoms with E-state index in [1.807, 2.05) is 18.2 Å². The van der Waals surface area contributed by atoms with Gasteiger partial charge in [-0.15, -0.1) is 0 Å². The number of nitrogens with zero attached hydrogens (tertiary/aromatic N) is 3. The van der Waals surface area contributed by atoms with Gasteiger partial charge in [-0.2, -0.15) is 0 Å². The second kappa shape index (κ2) is 4.67. The first-order valence-corrected chi connectivity index (χ1v) is 6.26. The molecule has 1 aliphatic rings. The monoisotopic (exact) mass is 273 g/mol. The SMILES string of the molecule is C=Cc1ccc(-c2cccnc2N2CC(F)(F)C2)cn1. The summed E-state index contributed by atoms with van der Waals surface area (Å²) in [5.74, 6) is -2.04. The fraction of sp³-hybridized carbons (Fsp3) is 0.200. The molecular weight excluding hydrogens is 260 g/mol. The van der Waals surface area contributed by atoms with Gasteiger partial charge < -0.3 is 4.90 Å². The van der Waals surface area contributed by atoms with Gasteiger partial charge in [0.05, 0.1) is 18.8 Å². The Kier molecular flexibility index (Phi) is 2.97. The van der Waals surface area contributed by atoms with Crippen LogP contribution in [0.15, 0.2) is 43.2 Å². The summed E-state index contributed by atoms with van der Waals surface area (Å²) in [6, 6.07) is 7.38. The lowest BCUT2D eigenvalue weighted by atomic mass is 10.0. The molecule has 0 amide bonds. The molecule has 0 unspecified atom stereocenters. The van der Waals surface area contributed by atoms with Crippen molar-refractivity contribution in [3.05, 3.63) is 48.9 Å². The maximum atomic E-state index is 13.0. The van der Waals surface area contributed by atoms with Crippen molar-refractivity contribution in [3.63, 3.8) is 0 Å². The smallest absolute Gasteiger partial charge is 0.282 e. The molecule has 2 aromatic rings. The topological polar surface area (TPSA) is 29.0 Å². The average molecular weight is 273 g/mol. The Labute approximate surface area is 115 Å². The Hall–Kier alpha value is -2.30. The third-order valence-corrected chi connectivity index (χ3v) is 3.24. The minimum Gasteiger partial charge on any atom is -0.344 e. The fourth-order valence-electron chi connectivity index (χ4n) is 2.22. The van der Waals surface area contributed by atoms with Crippen molar-refractivity contribution < 1.29 is 8.78 Å². The Morgan fingerprint density at radius 3 is 2.60 bits per heavy atom. The predicted molar refractivity (Wildman–Crippen MR) is 74.7 cm³/mol. The molecule has 1 aliphatic heterocycles. The van der Waals surface area contributed by atoms with E-state index in [-0.39, 0.29) is 13.1 Å². The van der Waals surface area contributed by atoms with Crippen molar-refractivity contribution in [1.29, 1.82) is 0 Å². The molecule has 102 valence electrons. The number of anilines is 1. The Morgan fingerprint density at radius 2 is 2.00 bits per heavy atom. The highest BCUT2D eigenvalue weighted by Gasteiger charge is 2.45. The number of pyridine rings is 2. The van der Waals surface area contributed by atoms with Crippen LogP contribution in [-0.4, -0.2) is 29.0 Å². The minimum atomic E-state index is -2.61. The van der Waals surface area contributed by atoms with E-state index in [2.05, 4.69) is 16.5 Å². The molecule has 2 aromatic heterocycles. The van der Waals surface area contributed by atoms with Gasteiger partial charge in [-0.05, 0) is 24.3 Å². The molecule has 0 saturated carbocycles. The quantitative estimate of drug-likeness (QED) is 0.859. The van der Waals surface area contributed by atoms with Gasteiger partial charge >= 0.3 is 0 Å². The zero-order valence-corrected chi connectivity index (χ0v) is 10.8. The van der Waals surface area contributed by atoms with Crippen LogP contribution in [0.3, 0.4) is 0 Å². The summed E-state index contributed by atoms with van der Waals surface area (Å²) in [5.41, 5.74) is 2.44. The van der Waals surface area contributed by atoms with Crippen LogP contribution in [0, 0.1) is 0 Å². The summed E-state index contributed by atoms with van der Waals surface area (Å²) in [4.78, 5) is 10.0. The summed E-state index contributed by atoms with van der Waals surface area (Å²) in [7, 11) is 0. The molecule has 0 bridgehead atoms. The molecule has 20 heavy (non-hydrogen) atoms. The van der Waals surface area contributed by atoms with Crippen LogP contribution in [0.4, 0.5) is 14.6 Å². The largest absolute Gasteiger partial charge is 0.344 e. The van der Waals surface area contributed by atoms with Gasteiger partial charge in [0.2, 0.25) is 0 Å². The van der Waals surface area contributed by atoms with Crippen LogP contribution in [0.1, 0.15) is 5.69 Å². The summed E-state index contributed by atoms with van der Waals surface area (Å²) < 4.78 is 26.0. The van der Waals surface area contributed by atoms with Crippen LogP contribution in [-0.2, 0) is 0 Å². The lowest BCUT2D eigenvalue weighted by Crippen LogP contribution is -2.56. The summed E-state index contributed by atoms with van der Waals surface area (Å²) in [5, 5.41) is 0. The highest BCUT2D eigenvalue weighted by atomic mass is 19.3. The fourth-order valence-corrected chi connectivity index (χ4v) is 2.22. The van der Waals surface area contributed by atoms with Gasteiger partial charge in [-0.3, -0.25) is 4.98 Å². The Morgan fingerprint density at radius 1 is 1.20 bits per heavy atom. The molecule has 0 radical (unpaired) electrons. The molecule has 3 rings (SSSR count). The molecule has 0 spiro atoms. The highest BCUT2D eigenvalue weighted by Crippen LogP contribution is 2.36. The molecular formula is C15H13F2N3. The van der Waals surface area contributed by atoms with Crippen molar-refractivity contribution in [2.24, 2.45) is 0 Å². The molecule has 1 fully saturated rings. The molecule has 3 heterocycles. The number of rotatable bonds is 3. The summed E-state index contributed by atoms with van der Waals surface area (Å²) >= 11 is 0. The highest BCUT2D eigenvalue weighted by molar-refractivity contribution is 5.76. The molecule has 0 N–H and O–H groups in total. The normalized spacial score (nSPS) is 16.6. The molecule has 0 aromatic carbocycles. The second-order valence-electron chi connectivity index (χ2n) is 4.76. The van der Waals surface area contributed by atoms with Gasteiger partial charge in [-0.25, -0.2) is 13.8 Å². The number of hydrogen-bond acceptors (Lipinski definition) is 3. The van der Waals surface area contributed by atoms with E-state index in [4.69, 9.17) is 0 Å². The first-order chi connectivity index (χ1) is 9.59. The van der Waals surface area contributed by atoms with E-state index >= 15 is 0 Å². The zero-order chi connectivity index (χ0) is 14.2. The van der Waals surface area contributed by atoms with Gasteiger partial charge in [0.25, 0.3) is 5.92 Å². The van der Waals surface area contributed by atoms with Crippen LogP contribution in [0.25, 0.3) is 17.2 Å². The third kappa shape index (κ3) is 2.27. The third-order valence-electron chi connectivity index (χ3n) is 3.24. The first kappa shape index (κ1) is 12.7. The Balaban J connectivity index is 1.95. The second-order valence-corrected chi connectivity index (χ2v) is 4.76. The van der Waals surface area contributed by atoms with E-state index in [9.17, 15) is 8.78 Å². The van der Waals surface area contributed by atoms with Crippen molar-refractivity contribution in [2.45, 2.75) is 5.92 Å². The number of alkyl halides is 2. The van der Waals surface area contributed by atoms with Gasteiger partial charge in [0.15, 0.2) is 0 Å². The first-order valence-electron chi connectivity index (χ1n) is 6.26. The molecule has 5 heteroatoms. The zero-order valence-electron chi connectivity index (χ0n) is 10.8. The van der Waals surface area contributed by atoms with Crippen LogP contribution >= 0.6 is 0 Å². The van der Waals surface area contributed by atoms with E-state index in [0.29, 0.717) is 5.82 Å². The van der Waals surface area contributed by atoms with Gasteiger partial charge in [0, 0.05) is 23.5 Å². The van der Waals surface area contributed by atoms with Crippen LogP contribution in [0.2, 0.25) is 0 Å². The minimum absolute atomic E-state index is 0.283. The lowest BCUT2D eigenvalue weighted by Gasteiger charge is -2.40. The molecule has 0 aliphatic carbocycles. The van der Waals surface area contributed by atoms with Crippen molar-refractivity contribution >= 4 is 11.9 Å². The van der Waals surface area contributed by atoms with E-state index in [1.165, 1.54) is 0 Å². The van der Waals surface area contributed by atoms with Crippen LogP contribution < -0.4 is 4.90 Å². The van der Waals surface area contributed by atoms with Gasteiger partial charge in [0.1, 0.15) is 5.82 Å². The number of halogens is 2. The van der Waals surface area contributed by atoms with Crippen LogP contribution in [0.5, 0.6) is 0 Å². The maximum Gasteiger partial charge on any atom is 0.282 e.